The molecule has 0 spiro atoms. The summed E-state index contributed by atoms with van der Waals surface area (Å²) in [5.41, 5.74) is -4.99. The number of aliphatic hydroxyl groups is 1. The molecule has 0 saturated carbocycles. The lowest BCUT2D eigenvalue weighted by molar-refractivity contribution is -0.376. The first-order valence-electron chi connectivity index (χ1n) is 10.9. The van der Waals surface area contributed by atoms with Gasteiger partial charge in [0.15, 0.2) is 0 Å². The summed E-state index contributed by atoms with van der Waals surface area (Å²) in [6.45, 7) is 3.32. The van der Waals surface area contributed by atoms with Gasteiger partial charge in [-0.3, -0.25) is 4.90 Å². The van der Waals surface area contributed by atoms with Crippen LogP contribution in [0.1, 0.15) is 23.6 Å². The van der Waals surface area contributed by atoms with Gasteiger partial charge in [0.05, 0.1) is 6.26 Å². The molecule has 0 radical (unpaired) electrons. The summed E-state index contributed by atoms with van der Waals surface area (Å²) in [5.74, 6) is -0.612. The number of nitrogens with zero attached hydrogens (tertiary/aromatic N) is 2. The van der Waals surface area contributed by atoms with Gasteiger partial charge < -0.3 is 5.11 Å². The van der Waals surface area contributed by atoms with E-state index in [-0.39, 0.29) is 25.2 Å². The van der Waals surface area contributed by atoms with E-state index >= 15 is 0 Å². The normalized spacial score (nSPS) is 16.9. The van der Waals surface area contributed by atoms with Crippen LogP contribution in [0.4, 0.5) is 30.7 Å². The quantitative estimate of drug-likeness (QED) is 0.549. The van der Waals surface area contributed by atoms with Gasteiger partial charge in [0.25, 0.3) is 5.60 Å². The van der Waals surface area contributed by atoms with E-state index in [9.17, 15) is 44.3 Å². The zero-order chi connectivity index (χ0) is 27.1. The van der Waals surface area contributed by atoms with Crippen LogP contribution in [-0.2, 0) is 28.6 Å². The van der Waals surface area contributed by atoms with Crippen LogP contribution in [0.2, 0.25) is 0 Å². The van der Waals surface area contributed by atoms with E-state index in [4.69, 9.17) is 0 Å². The van der Waals surface area contributed by atoms with Crippen molar-refractivity contribution in [3.63, 3.8) is 0 Å². The number of halogens is 7. The second kappa shape index (κ2) is 9.92. The molecule has 2 aromatic carbocycles. The second-order valence-corrected chi connectivity index (χ2v) is 10.7. The Bertz CT molecular complexity index is 1170. The van der Waals surface area contributed by atoms with Gasteiger partial charge in [-0.25, -0.2) is 12.8 Å². The molecule has 1 saturated heterocycles. The fraction of sp³-hybridized carbons (Fsp3) is 0.478. The van der Waals surface area contributed by atoms with Crippen molar-refractivity contribution in [3.05, 3.63) is 58.9 Å². The number of piperazine rings is 1. The average molecular weight is 543 g/mol. The molecule has 0 aromatic heterocycles. The Morgan fingerprint density at radius 3 is 1.86 bits per heavy atom. The van der Waals surface area contributed by atoms with E-state index < -0.39 is 39.4 Å². The van der Waals surface area contributed by atoms with Crippen LogP contribution >= 0.6 is 0 Å². The number of hydrogen-bond donors (Lipinski definition) is 1. The summed E-state index contributed by atoms with van der Waals surface area (Å²) in [4.78, 5) is 1.89. The Balaban J connectivity index is 1.87. The second-order valence-electron chi connectivity index (χ2n) is 8.68. The fourth-order valence-corrected chi connectivity index (χ4v) is 5.02. The largest absolute Gasteiger partial charge is 0.430 e. The zero-order valence-corrected chi connectivity index (χ0v) is 20.2. The summed E-state index contributed by atoms with van der Waals surface area (Å²) in [5, 5.41) is 9.56. The van der Waals surface area contributed by atoms with Crippen molar-refractivity contribution in [2.45, 2.75) is 37.8 Å². The molecule has 0 bridgehead atoms. The molecule has 36 heavy (non-hydrogen) atoms. The first-order chi connectivity index (χ1) is 16.5. The molecule has 0 unspecified atom stereocenters. The molecule has 1 N–H and O–H groups in total. The Kier molecular flexibility index (Phi) is 7.81. The minimum absolute atomic E-state index is 0.189. The van der Waals surface area contributed by atoms with E-state index in [0.717, 1.165) is 18.4 Å². The summed E-state index contributed by atoms with van der Waals surface area (Å²) in [6.07, 6.45) is -10.5. The van der Waals surface area contributed by atoms with E-state index in [0.29, 0.717) is 48.3 Å². The Morgan fingerprint density at radius 2 is 1.42 bits per heavy atom. The van der Waals surface area contributed by atoms with Crippen LogP contribution in [0.5, 0.6) is 0 Å². The van der Waals surface area contributed by atoms with Gasteiger partial charge in [0, 0.05) is 43.9 Å². The predicted molar refractivity (Wildman–Crippen MR) is 119 cm³/mol. The minimum atomic E-state index is -6.00. The van der Waals surface area contributed by atoms with Crippen LogP contribution in [0.3, 0.4) is 0 Å². The summed E-state index contributed by atoms with van der Waals surface area (Å²) in [6, 6.07) is 5.79. The van der Waals surface area contributed by atoms with Crippen molar-refractivity contribution in [3.8, 4) is 11.1 Å². The first-order valence-corrected chi connectivity index (χ1v) is 12.8. The van der Waals surface area contributed by atoms with Crippen LogP contribution in [-0.4, -0.2) is 67.5 Å². The van der Waals surface area contributed by atoms with Crippen molar-refractivity contribution in [1.29, 1.82) is 0 Å². The van der Waals surface area contributed by atoms with Crippen LogP contribution < -0.4 is 0 Å². The van der Waals surface area contributed by atoms with Crippen molar-refractivity contribution >= 4 is 10.0 Å². The van der Waals surface area contributed by atoms with Crippen molar-refractivity contribution in [1.82, 2.24) is 9.21 Å². The molecule has 0 amide bonds. The molecule has 1 fully saturated rings. The van der Waals surface area contributed by atoms with Gasteiger partial charge in [-0.05, 0) is 29.2 Å². The summed E-state index contributed by atoms with van der Waals surface area (Å²) in [7, 11) is -3.31. The number of alkyl halides is 6. The number of sulfonamides is 1. The van der Waals surface area contributed by atoms with Gasteiger partial charge in [0.1, 0.15) is 5.82 Å². The highest BCUT2D eigenvalue weighted by Crippen LogP contribution is 2.50. The summed E-state index contributed by atoms with van der Waals surface area (Å²) >= 11 is 0. The van der Waals surface area contributed by atoms with E-state index in [2.05, 4.69) is 0 Å². The van der Waals surface area contributed by atoms with Gasteiger partial charge >= 0.3 is 12.4 Å². The number of benzene rings is 2. The molecular weight excluding hydrogens is 517 g/mol. The van der Waals surface area contributed by atoms with Crippen molar-refractivity contribution in [2.75, 3.05) is 32.4 Å². The highest BCUT2D eigenvalue weighted by atomic mass is 32.2. The maximum atomic E-state index is 15.0. The molecule has 2 aromatic rings. The lowest BCUT2D eigenvalue weighted by Gasteiger charge is -2.33. The number of hydrogen-bond acceptors (Lipinski definition) is 4. The monoisotopic (exact) mass is 542 g/mol. The zero-order valence-electron chi connectivity index (χ0n) is 19.4. The maximum absolute atomic E-state index is 15.0. The minimum Gasteiger partial charge on any atom is -0.369 e. The number of aryl methyl sites for hydroxylation is 1. The Labute approximate surface area is 204 Å². The van der Waals surface area contributed by atoms with Gasteiger partial charge in [-0.2, -0.15) is 30.6 Å². The lowest BCUT2D eigenvalue weighted by Crippen LogP contribution is -2.53. The van der Waals surface area contributed by atoms with Gasteiger partial charge in [0.2, 0.25) is 10.0 Å². The Morgan fingerprint density at radius 1 is 0.889 bits per heavy atom. The molecule has 1 aliphatic heterocycles. The molecule has 3 rings (SSSR count). The standard InChI is InChI=1S/C23H25F7N2O3S/c1-3-15-12-17(14-31-8-10-32(11-9-31)36(2,34)35)20(24)13-19(15)16-4-6-18(7-5-16)21(33,22(25,26)27)23(28,29)30/h4-7,12-13,33H,3,8-11,14H2,1-2H3. The lowest BCUT2D eigenvalue weighted by atomic mass is 9.89. The van der Waals surface area contributed by atoms with Crippen molar-refractivity contribution < 1.29 is 44.3 Å². The molecule has 5 nitrogen and oxygen atoms in total. The molecule has 13 heteroatoms. The average Bonchev–Trinajstić information content (AvgIpc) is 2.78. The molecule has 0 aliphatic carbocycles. The van der Waals surface area contributed by atoms with Crippen LogP contribution in [0, 0.1) is 5.82 Å². The van der Waals surface area contributed by atoms with E-state index in [1.807, 2.05) is 4.90 Å². The Hall–Kier alpha value is -2.22. The fourth-order valence-electron chi connectivity index (χ4n) is 4.19. The SMILES string of the molecule is CCc1cc(CN2CCN(S(C)(=O)=O)CC2)c(F)cc1-c1ccc(C(O)(C(F)(F)F)C(F)(F)F)cc1. The first kappa shape index (κ1) is 28.4. The third-order valence-corrected chi connectivity index (χ3v) is 7.58. The number of rotatable bonds is 6. The summed E-state index contributed by atoms with van der Waals surface area (Å²) < 4.78 is 118. The molecule has 0 atom stereocenters. The van der Waals surface area contributed by atoms with Crippen molar-refractivity contribution in [2.24, 2.45) is 0 Å². The highest BCUT2D eigenvalue weighted by Gasteiger charge is 2.71. The van der Waals surface area contributed by atoms with Gasteiger partial charge in [-0.1, -0.05) is 37.3 Å². The maximum Gasteiger partial charge on any atom is 0.430 e. The topological polar surface area (TPSA) is 60.9 Å². The third-order valence-electron chi connectivity index (χ3n) is 6.28. The third kappa shape index (κ3) is 5.53. The van der Waals surface area contributed by atoms with Crippen LogP contribution in [0.25, 0.3) is 11.1 Å². The molecule has 1 aliphatic rings. The smallest absolute Gasteiger partial charge is 0.369 e. The molecule has 1 heterocycles. The highest BCUT2D eigenvalue weighted by molar-refractivity contribution is 7.88. The predicted octanol–water partition coefficient (Wildman–Crippen LogP) is 4.44. The van der Waals surface area contributed by atoms with E-state index in [1.165, 1.54) is 10.4 Å². The molecule has 200 valence electrons. The van der Waals surface area contributed by atoms with Crippen LogP contribution in [0.15, 0.2) is 36.4 Å². The van der Waals surface area contributed by atoms with Gasteiger partial charge in [-0.15, -0.1) is 0 Å². The van der Waals surface area contributed by atoms with E-state index in [1.54, 1.807) is 13.0 Å². The molecular formula is C23H25F7N2O3S.